The van der Waals surface area contributed by atoms with Gasteiger partial charge in [0.2, 0.25) is 0 Å². The largest absolute Gasteiger partial charge is 0.396 e. The Bertz CT molecular complexity index is 149. The van der Waals surface area contributed by atoms with E-state index in [-0.39, 0.29) is 0 Å². The first-order chi connectivity index (χ1) is 7.30. The molecule has 1 atom stereocenters. The summed E-state index contributed by atoms with van der Waals surface area (Å²) in [5.74, 6) is 1.69. The highest BCUT2D eigenvalue weighted by atomic mass is 16.3. The van der Waals surface area contributed by atoms with Gasteiger partial charge in [-0.05, 0) is 31.1 Å². The molecule has 1 heterocycles. The van der Waals surface area contributed by atoms with Crippen LogP contribution in [-0.4, -0.2) is 36.2 Å². The molecule has 0 spiro atoms. The van der Waals surface area contributed by atoms with Crippen molar-refractivity contribution in [3.05, 3.63) is 0 Å². The van der Waals surface area contributed by atoms with Crippen LogP contribution in [0.25, 0.3) is 0 Å². The summed E-state index contributed by atoms with van der Waals surface area (Å²) in [5.41, 5.74) is 0. The van der Waals surface area contributed by atoms with Crippen molar-refractivity contribution >= 4 is 0 Å². The van der Waals surface area contributed by atoms with Crippen LogP contribution in [0.2, 0.25) is 0 Å². The van der Waals surface area contributed by atoms with Gasteiger partial charge in [0.25, 0.3) is 0 Å². The first-order valence-electron chi connectivity index (χ1n) is 6.63. The Labute approximate surface area is 94.7 Å². The third kappa shape index (κ3) is 4.52. The number of aliphatic hydroxyl groups is 1. The van der Waals surface area contributed by atoms with Crippen LogP contribution in [0.5, 0.6) is 0 Å². The highest BCUT2D eigenvalue weighted by Gasteiger charge is 2.27. The van der Waals surface area contributed by atoms with E-state index in [1.165, 1.54) is 45.3 Å². The van der Waals surface area contributed by atoms with Gasteiger partial charge in [-0.3, -0.25) is 0 Å². The Morgan fingerprint density at radius 3 is 2.47 bits per heavy atom. The van der Waals surface area contributed by atoms with E-state index in [2.05, 4.69) is 18.7 Å². The second-order valence-electron chi connectivity index (χ2n) is 5.04. The summed E-state index contributed by atoms with van der Waals surface area (Å²) in [6.07, 6.45) is 6.23. The molecule has 1 aliphatic heterocycles. The summed E-state index contributed by atoms with van der Waals surface area (Å²) in [6, 6.07) is 0. The van der Waals surface area contributed by atoms with Gasteiger partial charge in [-0.1, -0.05) is 26.7 Å². The summed E-state index contributed by atoms with van der Waals surface area (Å²) in [4.78, 5) is 2.57. The molecule has 1 rings (SSSR count). The monoisotopic (exact) mass is 213 g/mol. The van der Waals surface area contributed by atoms with Crippen LogP contribution in [0.3, 0.4) is 0 Å². The highest BCUT2D eigenvalue weighted by molar-refractivity contribution is 4.81. The zero-order valence-electron chi connectivity index (χ0n) is 10.4. The van der Waals surface area contributed by atoms with Gasteiger partial charge in [0.1, 0.15) is 0 Å². The molecule has 90 valence electrons. The summed E-state index contributed by atoms with van der Waals surface area (Å²) in [5, 5.41) is 8.98. The van der Waals surface area contributed by atoms with Gasteiger partial charge < -0.3 is 10.0 Å². The average molecular weight is 213 g/mol. The molecule has 0 aromatic rings. The molecular weight excluding hydrogens is 186 g/mol. The van der Waals surface area contributed by atoms with Gasteiger partial charge in [-0.2, -0.15) is 0 Å². The van der Waals surface area contributed by atoms with E-state index < -0.39 is 0 Å². The SMILES string of the molecule is CCCC(CCO)CN1CC(CCC)C1. The van der Waals surface area contributed by atoms with E-state index in [9.17, 15) is 0 Å². The molecule has 0 aromatic carbocycles. The molecule has 1 fully saturated rings. The van der Waals surface area contributed by atoms with Crippen LogP contribution in [0.4, 0.5) is 0 Å². The minimum absolute atomic E-state index is 0.358. The molecular formula is C13H27NO. The van der Waals surface area contributed by atoms with Crippen molar-refractivity contribution in [1.29, 1.82) is 0 Å². The lowest BCUT2D eigenvalue weighted by Gasteiger charge is -2.41. The molecule has 1 N–H and O–H groups in total. The fourth-order valence-electron chi connectivity index (χ4n) is 2.70. The standard InChI is InChI=1S/C13H27NO/c1-3-5-12(7-8-15)9-14-10-13(11-14)6-4-2/h12-13,15H,3-11H2,1-2H3. The lowest BCUT2D eigenvalue weighted by atomic mass is 9.91. The third-order valence-corrected chi connectivity index (χ3v) is 3.48. The number of aliphatic hydroxyl groups excluding tert-OH is 1. The van der Waals surface area contributed by atoms with Crippen molar-refractivity contribution in [2.24, 2.45) is 11.8 Å². The number of hydrogen-bond acceptors (Lipinski definition) is 2. The normalized spacial score (nSPS) is 20.2. The molecule has 2 heteroatoms. The fraction of sp³-hybridized carbons (Fsp3) is 1.00. The second kappa shape index (κ2) is 7.24. The minimum atomic E-state index is 0.358. The van der Waals surface area contributed by atoms with Gasteiger partial charge in [-0.25, -0.2) is 0 Å². The molecule has 1 aliphatic rings. The Balaban J connectivity index is 2.11. The third-order valence-electron chi connectivity index (χ3n) is 3.48. The highest BCUT2D eigenvalue weighted by Crippen LogP contribution is 2.23. The predicted octanol–water partition coefficient (Wildman–Crippen LogP) is 2.52. The summed E-state index contributed by atoms with van der Waals surface area (Å²) < 4.78 is 0. The van der Waals surface area contributed by atoms with E-state index >= 15 is 0 Å². The molecule has 0 aliphatic carbocycles. The molecule has 0 saturated carbocycles. The second-order valence-corrected chi connectivity index (χ2v) is 5.04. The van der Waals surface area contributed by atoms with Crippen LogP contribution >= 0.6 is 0 Å². The van der Waals surface area contributed by atoms with Crippen molar-refractivity contribution in [3.8, 4) is 0 Å². The van der Waals surface area contributed by atoms with E-state index in [1.54, 1.807) is 0 Å². The fourth-order valence-corrected chi connectivity index (χ4v) is 2.70. The van der Waals surface area contributed by atoms with Gasteiger partial charge in [0.15, 0.2) is 0 Å². The number of likely N-dealkylation sites (tertiary alicyclic amines) is 1. The topological polar surface area (TPSA) is 23.5 Å². The van der Waals surface area contributed by atoms with Crippen molar-refractivity contribution in [2.75, 3.05) is 26.2 Å². The molecule has 1 unspecified atom stereocenters. The first kappa shape index (κ1) is 13.0. The Hall–Kier alpha value is -0.0800. The predicted molar refractivity (Wildman–Crippen MR) is 64.9 cm³/mol. The number of nitrogens with zero attached hydrogens (tertiary/aromatic N) is 1. The summed E-state index contributed by atoms with van der Waals surface area (Å²) in [7, 11) is 0. The van der Waals surface area contributed by atoms with Crippen molar-refractivity contribution < 1.29 is 5.11 Å². The molecule has 0 aromatic heterocycles. The average Bonchev–Trinajstić information content (AvgIpc) is 2.15. The zero-order valence-corrected chi connectivity index (χ0v) is 10.4. The quantitative estimate of drug-likeness (QED) is 0.669. The Kier molecular flexibility index (Phi) is 6.26. The maximum atomic E-state index is 8.98. The van der Waals surface area contributed by atoms with Gasteiger partial charge >= 0.3 is 0 Å². The minimum Gasteiger partial charge on any atom is -0.396 e. The van der Waals surface area contributed by atoms with Crippen LogP contribution in [-0.2, 0) is 0 Å². The van der Waals surface area contributed by atoms with E-state index in [0.717, 1.165) is 18.3 Å². The van der Waals surface area contributed by atoms with Crippen molar-refractivity contribution in [3.63, 3.8) is 0 Å². The number of hydrogen-bond donors (Lipinski definition) is 1. The lowest BCUT2D eigenvalue weighted by Crippen LogP contribution is -2.48. The Morgan fingerprint density at radius 2 is 1.93 bits per heavy atom. The zero-order chi connectivity index (χ0) is 11.1. The van der Waals surface area contributed by atoms with Crippen LogP contribution in [0.15, 0.2) is 0 Å². The molecule has 0 amide bonds. The smallest absolute Gasteiger partial charge is 0.0434 e. The van der Waals surface area contributed by atoms with E-state index in [4.69, 9.17) is 5.11 Å². The molecule has 0 radical (unpaired) electrons. The van der Waals surface area contributed by atoms with Crippen LogP contribution in [0.1, 0.15) is 46.0 Å². The lowest BCUT2D eigenvalue weighted by molar-refractivity contribution is 0.0679. The van der Waals surface area contributed by atoms with E-state index in [1.807, 2.05) is 0 Å². The number of rotatable bonds is 8. The summed E-state index contributed by atoms with van der Waals surface area (Å²) in [6.45, 7) is 8.69. The van der Waals surface area contributed by atoms with E-state index in [0.29, 0.717) is 6.61 Å². The maximum Gasteiger partial charge on any atom is 0.0434 e. The maximum absolute atomic E-state index is 8.98. The van der Waals surface area contributed by atoms with Crippen LogP contribution < -0.4 is 0 Å². The molecule has 1 saturated heterocycles. The molecule has 15 heavy (non-hydrogen) atoms. The van der Waals surface area contributed by atoms with Crippen molar-refractivity contribution in [2.45, 2.75) is 46.0 Å². The Morgan fingerprint density at radius 1 is 1.20 bits per heavy atom. The van der Waals surface area contributed by atoms with Gasteiger partial charge in [-0.15, -0.1) is 0 Å². The first-order valence-corrected chi connectivity index (χ1v) is 6.63. The molecule has 0 bridgehead atoms. The van der Waals surface area contributed by atoms with Gasteiger partial charge in [0.05, 0.1) is 0 Å². The summed E-state index contributed by atoms with van der Waals surface area (Å²) >= 11 is 0. The van der Waals surface area contributed by atoms with Crippen molar-refractivity contribution in [1.82, 2.24) is 4.90 Å². The van der Waals surface area contributed by atoms with Gasteiger partial charge in [0, 0.05) is 26.2 Å². The molecule has 2 nitrogen and oxygen atoms in total. The van der Waals surface area contributed by atoms with Crippen LogP contribution in [0, 0.1) is 11.8 Å².